The number of hydrogen-bond acceptors (Lipinski definition) is 2. The smallest absolute Gasteiger partial charge is 0.251 e. The van der Waals surface area contributed by atoms with Gasteiger partial charge in [-0.05, 0) is 23.8 Å². The molecule has 2 aromatic carbocycles. The van der Waals surface area contributed by atoms with Gasteiger partial charge in [-0.25, -0.2) is 4.98 Å². The fourth-order valence-corrected chi connectivity index (χ4v) is 1.96. The molecule has 1 aromatic heterocycles. The lowest BCUT2D eigenvalue weighted by molar-refractivity contribution is 0.0951. The highest BCUT2D eigenvalue weighted by molar-refractivity contribution is 5.97. The van der Waals surface area contributed by atoms with Crippen LogP contribution in [0.15, 0.2) is 54.9 Å². The number of aromatic amines is 1. The lowest BCUT2D eigenvalue weighted by Gasteiger charge is -2.05. The zero-order valence-electron chi connectivity index (χ0n) is 10.3. The molecule has 4 heteroatoms. The van der Waals surface area contributed by atoms with Gasteiger partial charge < -0.3 is 10.3 Å². The number of carbonyl (C=O) groups is 1. The maximum Gasteiger partial charge on any atom is 0.251 e. The number of aromatic nitrogens is 2. The maximum atomic E-state index is 12.0. The number of H-pyrrole nitrogens is 1. The summed E-state index contributed by atoms with van der Waals surface area (Å²) in [4.78, 5) is 19.2. The van der Waals surface area contributed by atoms with Gasteiger partial charge in [0.2, 0.25) is 0 Å². The van der Waals surface area contributed by atoms with Crippen LogP contribution in [-0.4, -0.2) is 15.9 Å². The number of nitrogens with zero attached hydrogens (tertiary/aromatic N) is 1. The van der Waals surface area contributed by atoms with E-state index < -0.39 is 0 Å². The summed E-state index contributed by atoms with van der Waals surface area (Å²) in [6.45, 7) is 0.528. The summed E-state index contributed by atoms with van der Waals surface area (Å²) in [7, 11) is 0. The molecule has 0 radical (unpaired) electrons. The van der Waals surface area contributed by atoms with Gasteiger partial charge in [-0.2, -0.15) is 0 Å². The SMILES string of the molecule is O=C(NCc1ccccc1)c1ccc2nc[nH]c2c1. The number of rotatable bonds is 3. The average molecular weight is 251 g/mol. The number of nitrogens with one attached hydrogen (secondary N) is 2. The molecular formula is C15H13N3O. The summed E-state index contributed by atoms with van der Waals surface area (Å²) in [6.07, 6.45) is 1.62. The molecule has 19 heavy (non-hydrogen) atoms. The van der Waals surface area contributed by atoms with E-state index in [1.54, 1.807) is 12.4 Å². The van der Waals surface area contributed by atoms with Crippen molar-refractivity contribution >= 4 is 16.9 Å². The largest absolute Gasteiger partial charge is 0.348 e. The van der Waals surface area contributed by atoms with Gasteiger partial charge >= 0.3 is 0 Å². The second kappa shape index (κ2) is 4.94. The maximum absolute atomic E-state index is 12.0. The lowest BCUT2D eigenvalue weighted by Crippen LogP contribution is -2.22. The minimum atomic E-state index is -0.0830. The van der Waals surface area contributed by atoms with Crippen molar-refractivity contribution in [2.24, 2.45) is 0 Å². The topological polar surface area (TPSA) is 57.8 Å². The van der Waals surface area contributed by atoms with Crippen LogP contribution in [0.2, 0.25) is 0 Å². The van der Waals surface area contributed by atoms with E-state index in [1.165, 1.54) is 0 Å². The van der Waals surface area contributed by atoms with Gasteiger partial charge in [0.05, 0.1) is 17.4 Å². The summed E-state index contributed by atoms with van der Waals surface area (Å²) in [5, 5.41) is 2.90. The number of amides is 1. The van der Waals surface area contributed by atoms with E-state index in [0.29, 0.717) is 12.1 Å². The molecule has 0 saturated carbocycles. The predicted octanol–water partition coefficient (Wildman–Crippen LogP) is 2.49. The summed E-state index contributed by atoms with van der Waals surface area (Å²) in [5.74, 6) is -0.0830. The van der Waals surface area contributed by atoms with E-state index in [1.807, 2.05) is 42.5 Å². The molecule has 0 aliphatic carbocycles. The van der Waals surface area contributed by atoms with Crippen molar-refractivity contribution in [2.75, 3.05) is 0 Å². The first-order chi connectivity index (χ1) is 9.33. The minimum absolute atomic E-state index is 0.0830. The Bertz CT molecular complexity index is 703. The Kier molecular flexibility index (Phi) is 2.98. The van der Waals surface area contributed by atoms with Gasteiger partial charge in [-0.15, -0.1) is 0 Å². The first-order valence-corrected chi connectivity index (χ1v) is 6.08. The fraction of sp³-hybridized carbons (Fsp3) is 0.0667. The van der Waals surface area contributed by atoms with E-state index in [2.05, 4.69) is 15.3 Å². The second-order valence-electron chi connectivity index (χ2n) is 4.30. The van der Waals surface area contributed by atoms with Crippen molar-refractivity contribution in [3.8, 4) is 0 Å². The van der Waals surface area contributed by atoms with Gasteiger partial charge in [0, 0.05) is 12.1 Å². The van der Waals surface area contributed by atoms with Crippen molar-refractivity contribution in [3.63, 3.8) is 0 Å². The van der Waals surface area contributed by atoms with Crippen LogP contribution in [0, 0.1) is 0 Å². The molecule has 3 rings (SSSR count). The third kappa shape index (κ3) is 2.47. The molecule has 0 unspecified atom stereocenters. The van der Waals surface area contributed by atoms with Crippen molar-refractivity contribution in [1.82, 2.24) is 15.3 Å². The van der Waals surface area contributed by atoms with E-state index in [9.17, 15) is 4.79 Å². The van der Waals surface area contributed by atoms with Crippen LogP contribution in [0.1, 0.15) is 15.9 Å². The molecule has 0 spiro atoms. The number of hydrogen-bond donors (Lipinski definition) is 2. The van der Waals surface area contributed by atoms with Gasteiger partial charge in [0.25, 0.3) is 5.91 Å². The Balaban J connectivity index is 1.73. The molecule has 1 amide bonds. The summed E-state index contributed by atoms with van der Waals surface area (Å²) in [6, 6.07) is 15.3. The predicted molar refractivity (Wildman–Crippen MR) is 73.7 cm³/mol. The molecule has 0 saturated heterocycles. The van der Waals surface area contributed by atoms with Gasteiger partial charge in [-0.3, -0.25) is 4.79 Å². The third-order valence-electron chi connectivity index (χ3n) is 2.98. The molecule has 0 aliphatic rings. The van der Waals surface area contributed by atoms with Crippen LogP contribution in [0.4, 0.5) is 0 Å². The Morgan fingerprint density at radius 3 is 2.84 bits per heavy atom. The first-order valence-electron chi connectivity index (χ1n) is 6.08. The highest BCUT2D eigenvalue weighted by Gasteiger charge is 2.06. The van der Waals surface area contributed by atoms with Crippen molar-refractivity contribution < 1.29 is 4.79 Å². The Hall–Kier alpha value is -2.62. The Morgan fingerprint density at radius 1 is 1.16 bits per heavy atom. The molecule has 2 N–H and O–H groups in total. The van der Waals surface area contributed by atoms with Crippen molar-refractivity contribution in [2.45, 2.75) is 6.54 Å². The minimum Gasteiger partial charge on any atom is -0.348 e. The van der Waals surface area contributed by atoms with Gasteiger partial charge in [0.1, 0.15) is 0 Å². The lowest BCUT2D eigenvalue weighted by atomic mass is 10.1. The fourth-order valence-electron chi connectivity index (χ4n) is 1.96. The van der Waals surface area contributed by atoms with E-state index in [0.717, 1.165) is 16.6 Å². The molecule has 94 valence electrons. The van der Waals surface area contributed by atoms with Crippen LogP contribution in [0.5, 0.6) is 0 Å². The van der Waals surface area contributed by atoms with Crippen LogP contribution >= 0.6 is 0 Å². The highest BCUT2D eigenvalue weighted by atomic mass is 16.1. The molecule has 1 heterocycles. The third-order valence-corrected chi connectivity index (χ3v) is 2.98. The first kappa shape index (κ1) is 11.5. The summed E-state index contributed by atoms with van der Waals surface area (Å²) >= 11 is 0. The summed E-state index contributed by atoms with van der Waals surface area (Å²) < 4.78 is 0. The van der Waals surface area contributed by atoms with E-state index in [-0.39, 0.29) is 5.91 Å². The summed E-state index contributed by atoms with van der Waals surface area (Å²) in [5.41, 5.74) is 3.44. The van der Waals surface area contributed by atoms with Crippen LogP contribution in [-0.2, 0) is 6.54 Å². The van der Waals surface area contributed by atoms with Crippen LogP contribution in [0.3, 0.4) is 0 Å². The number of imidazole rings is 1. The molecule has 4 nitrogen and oxygen atoms in total. The molecule has 0 aliphatic heterocycles. The molecule has 0 bridgehead atoms. The van der Waals surface area contributed by atoms with Crippen LogP contribution in [0.25, 0.3) is 11.0 Å². The second-order valence-corrected chi connectivity index (χ2v) is 4.30. The van der Waals surface area contributed by atoms with E-state index in [4.69, 9.17) is 0 Å². The number of benzene rings is 2. The van der Waals surface area contributed by atoms with Crippen LogP contribution < -0.4 is 5.32 Å². The molecule has 0 atom stereocenters. The Labute approximate surface area is 110 Å². The van der Waals surface area contributed by atoms with Crippen molar-refractivity contribution in [1.29, 1.82) is 0 Å². The van der Waals surface area contributed by atoms with Gasteiger partial charge in [0.15, 0.2) is 0 Å². The monoisotopic (exact) mass is 251 g/mol. The van der Waals surface area contributed by atoms with Crippen molar-refractivity contribution in [3.05, 3.63) is 66.0 Å². The zero-order valence-corrected chi connectivity index (χ0v) is 10.3. The molecular weight excluding hydrogens is 238 g/mol. The quantitative estimate of drug-likeness (QED) is 0.751. The van der Waals surface area contributed by atoms with E-state index >= 15 is 0 Å². The number of carbonyl (C=O) groups excluding carboxylic acids is 1. The van der Waals surface area contributed by atoms with Gasteiger partial charge in [-0.1, -0.05) is 30.3 Å². The molecule has 0 fully saturated rings. The zero-order chi connectivity index (χ0) is 13.1. The highest BCUT2D eigenvalue weighted by Crippen LogP contribution is 2.11. The Morgan fingerprint density at radius 2 is 2.00 bits per heavy atom. The normalized spacial score (nSPS) is 10.5. The average Bonchev–Trinajstić information content (AvgIpc) is 2.93. The molecule has 3 aromatic rings. The standard InChI is InChI=1S/C15H13N3O/c19-15(16-9-11-4-2-1-3-5-11)12-6-7-13-14(8-12)18-10-17-13/h1-8,10H,9H2,(H,16,19)(H,17,18). The number of fused-ring (bicyclic) bond motifs is 1.